The molecule has 2 N–H and O–H groups in total. The van der Waals surface area contributed by atoms with Gasteiger partial charge in [0.1, 0.15) is 23.4 Å². The van der Waals surface area contributed by atoms with E-state index in [4.69, 9.17) is 4.42 Å². The molecule has 2 heterocycles. The molecule has 0 bridgehead atoms. The van der Waals surface area contributed by atoms with Crippen molar-refractivity contribution in [2.24, 2.45) is 0 Å². The summed E-state index contributed by atoms with van der Waals surface area (Å²) in [4.78, 5) is 13.2. The average molecular weight is 246 g/mol. The average Bonchev–Trinajstić information content (AvgIpc) is 2.87. The Hall–Kier alpha value is -1.81. The first kappa shape index (κ1) is 11.3. The zero-order valence-electron chi connectivity index (χ0n) is 10.1. The molecule has 3 rings (SSSR count). The van der Waals surface area contributed by atoms with Crippen LogP contribution in [0.5, 0.6) is 5.75 Å². The van der Waals surface area contributed by atoms with Gasteiger partial charge in [-0.25, -0.2) is 4.79 Å². The number of quaternary nitrogens is 1. The topological polar surface area (TPSA) is 54.9 Å². The van der Waals surface area contributed by atoms with Gasteiger partial charge in [0.2, 0.25) is 0 Å². The highest BCUT2D eigenvalue weighted by Gasteiger charge is 2.21. The van der Waals surface area contributed by atoms with E-state index in [9.17, 15) is 9.90 Å². The Morgan fingerprint density at radius 3 is 2.72 bits per heavy atom. The third-order valence-corrected chi connectivity index (χ3v) is 3.61. The lowest BCUT2D eigenvalue weighted by atomic mass is 10.1. The van der Waals surface area contributed by atoms with Crippen LogP contribution < -0.4 is 10.5 Å². The highest BCUT2D eigenvalue weighted by atomic mass is 16.4. The summed E-state index contributed by atoms with van der Waals surface area (Å²) in [7, 11) is 0. The molecule has 1 aromatic heterocycles. The molecule has 1 aromatic carbocycles. The molecule has 0 aliphatic carbocycles. The summed E-state index contributed by atoms with van der Waals surface area (Å²) < 4.78 is 5.26. The van der Waals surface area contributed by atoms with Crippen LogP contribution in [0.2, 0.25) is 0 Å². The first-order chi connectivity index (χ1) is 8.75. The zero-order chi connectivity index (χ0) is 12.5. The monoisotopic (exact) mass is 246 g/mol. The van der Waals surface area contributed by atoms with Gasteiger partial charge in [-0.15, -0.1) is 0 Å². The van der Waals surface area contributed by atoms with E-state index in [0.29, 0.717) is 23.1 Å². The molecule has 2 aromatic rings. The van der Waals surface area contributed by atoms with Gasteiger partial charge in [-0.1, -0.05) is 12.1 Å². The number of hydrogen-bond acceptors (Lipinski definition) is 3. The molecule has 18 heavy (non-hydrogen) atoms. The second-order valence-corrected chi connectivity index (χ2v) is 4.85. The van der Waals surface area contributed by atoms with Gasteiger partial charge in [0.05, 0.1) is 18.5 Å². The van der Waals surface area contributed by atoms with Crippen LogP contribution in [-0.2, 0) is 6.54 Å². The number of fused-ring (bicyclic) bond motifs is 1. The number of para-hydroxylation sites is 1. The van der Waals surface area contributed by atoms with Crippen LogP contribution in [0, 0.1) is 0 Å². The number of likely N-dealkylation sites (tertiary alicyclic amines) is 1. The molecular formula is C14H16NO3+. The predicted molar refractivity (Wildman–Crippen MR) is 67.8 cm³/mol. The Morgan fingerprint density at radius 1 is 1.22 bits per heavy atom. The van der Waals surface area contributed by atoms with Gasteiger partial charge < -0.3 is 14.4 Å². The van der Waals surface area contributed by atoms with Gasteiger partial charge in [0, 0.05) is 12.8 Å². The lowest BCUT2D eigenvalue weighted by Crippen LogP contribution is -3.08. The van der Waals surface area contributed by atoms with E-state index >= 15 is 0 Å². The summed E-state index contributed by atoms with van der Waals surface area (Å²) in [5.41, 5.74) is 0.441. The SMILES string of the molecule is O=c1oc2ccccc2c(O)c1C[NH+]1CCCC1. The predicted octanol–water partition coefficient (Wildman–Crippen LogP) is 0.677. The maximum atomic E-state index is 11.9. The first-order valence-corrected chi connectivity index (χ1v) is 6.33. The van der Waals surface area contributed by atoms with E-state index in [1.807, 2.05) is 6.07 Å². The van der Waals surface area contributed by atoms with Crippen molar-refractivity contribution in [3.05, 3.63) is 40.2 Å². The number of benzene rings is 1. The summed E-state index contributed by atoms with van der Waals surface area (Å²) >= 11 is 0. The Bertz CT molecular complexity index is 626. The molecule has 1 fully saturated rings. The van der Waals surface area contributed by atoms with Crippen molar-refractivity contribution in [2.75, 3.05) is 13.1 Å². The fourth-order valence-electron chi connectivity index (χ4n) is 2.63. The molecule has 0 saturated carbocycles. The van der Waals surface area contributed by atoms with Crippen LogP contribution in [0.1, 0.15) is 18.4 Å². The molecule has 0 atom stereocenters. The Kier molecular flexibility index (Phi) is 2.80. The summed E-state index contributed by atoms with van der Waals surface area (Å²) in [6, 6.07) is 7.09. The van der Waals surface area contributed by atoms with Gasteiger partial charge in [0.25, 0.3) is 0 Å². The molecule has 94 valence electrons. The number of hydrogen-bond donors (Lipinski definition) is 2. The van der Waals surface area contributed by atoms with Crippen LogP contribution in [-0.4, -0.2) is 18.2 Å². The van der Waals surface area contributed by atoms with Gasteiger partial charge in [-0.05, 0) is 12.1 Å². The molecule has 0 unspecified atom stereocenters. The molecule has 0 radical (unpaired) electrons. The van der Waals surface area contributed by atoms with E-state index in [0.717, 1.165) is 13.1 Å². The summed E-state index contributed by atoms with van der Waals surface area (Å²) in [6.07, 6.45) is 2.38. The minimum atomic E-state index is -0.411. The molecule has 4 nitrogen and oxygen atoms in total. The number of nitrogens with one attached hydrogen (secondary N) is 1. The van der Waals surface area contributed by atoms with Crippen LogP contribution in [0.4, 0.5) is 0 Å². The maximum Gasteiger partial charge on any atom is 0.349 e. The van der Waals surface area contributed by atoms with E-state index in [1.165, 1.54) is 17.7 Å². The quantitative estimate of drug-likeness (QED) is 0.766. The summed E-state index contributed by atoms with van der Waals surface area (Å²) in [5.74, 6) is 0.0845. The van der Waals surface area contributed by atoms with Crippen LogP contribution in [0.3, 0.4) is 0 Å². The van der Waals surface area contributed by atoms with Crippen LogP contribution in [0.25, 0.3) is 11.0 Å². The molecule has 0 amide bonds. The van der Waals surface area contributed by atoms with Gasteiger partial charge in [0.15, 0.2) is 0 Å². The van der Waals surface area contributed by atoms with E-state index < -0.39 is 5.63 Å². The smallest absolute Gasteiger partial charge is 0.349 e. The van der Waals surface area contributed by atoms with Crippen molar-refractivity contribution >= 4 is 11.0 Å². The van der Waals surface area contributed by atoms with E-state index in [2.05, 4.69) is 0 Å². The molecule has 4 heteroatoms. The van der Waals surface area contributed by atoms with Gasteiger partial charge in [-0.2, -0.15) is 0 Å². The Morgan fingerprint density at radius 2 is 1.94 bits per heavy atom. The highest BCUT2D eigenvalue weighted by Crippen LogP contribution is 2.25. The Labute approximate surface area is 104 Å². The third-order valence-electron chi connectivity index (χ3n) is 3.61. The molecule has 1 saturated heterocycles. The van der Waals surface area contributed by atoms with Crippen molar-refractivity contribution in [2.45, 2.75) is 19.4 Å². The summed E-state index contributed by atoms with van der Waals surface area (Å²) in [6.45, 7) is 2.68. The zero-order valence-corrected chi connectivity index (χ0v) is 10.1. The molecule has 0 spiro atoms. The minimum Gasteiger partial charge on any atom is -0.506 e. The van der Waals surface area contributed by atoms with Crippen molar-refractivity contribution in [3.63, 3.8) is 0 Å². The molecular weight excluding hydrogens is 230 g/mol. The van der Waals surface area contributed by atoms with Gasteiger partial charge in [-0.3, -0.25) is 0 Å². The summed E-state index contributed by atoms with van der Waals surface area (Å²) in [5, 5.41) is 10.8. The number of aromatic hydroxyl groups is 1. The van der Waals surface area contributed by atoms with E-state index in [-0.39, 0.29) is 5.75 Å². The van der Waals surface area contributed by atoms with Crippen molar-refractivity contribution in [1.29, 1.82) is 0 Å². The lowest BCUT2D eigenvalue weighted by Gasteiger charge is -2.12. The maximum absolute atomic E-state index is 11.9. The normalized spacial score (nSPS) is 16.4. The fourth-order valence-corrected chi connectivity index (χ4v) is 2.63. The van der Waals surface area contributed by atoms with E-state index in [1.54, 1.807) is 18.2 Å². The number of rotatable bonds is 2. The largest absolute Gasteiger partial charge is 0.506 e. The molecule has 1 aliphatic rings. The Balaban J connectivity index is 2.07. The van der Waals surface area contributed by atoms with Crippen molar-refractivity contribution in [3.8, 4) is 5.75 Å². The minimum absolute atomic E-state index is 0.0845. The standard InChI is InChI=1S/C14H15NO3/c16-13-10-5-1-2-6-12(10)18-14(17)11(13)9-15-7-3-4-8-15/h1-2,5-6,16H,3-4,7-9H2/p+1. The first-order valence-electron chi connectivity index (χ1n) is 6.33. The second-order valence-electron chi connectivity index (χ2n) is 4.85. The highest BCUT2D eigenvalue weighted by molar-refractivity contribution is 5.83. The van der Waals surface area contributed by atoms with Crippen molar-refractivity contribution in [1.82, 2.24) is 0 Å². The fraction of sp³-hybridized carbons (Fsp3) is 0.357. The van der Waals surface area contributed by atoms with Crippen molar-refractivity contribution < 1.29 is 14.4 Å². The molecule has 1 aliphatic heterocycles. The third kappa shape index (κ3) is 1.88. The lowest BCUT2D eigenvalue weighted by molar-refractivity contribution is -0.901. The van der Waals surface area contributed by atoms with Crippen LogP contribution >= 0.6 is 0 Å². The van der Waals surface area contributed by atoms with Crippen LogP contribution in [0.15, 0.2) is 33.5 Å². The second kappa shape index (κ2) is 4.46. The van der Waals surface area contributed by atoms with Gasteiger partial charge >= 0.3 is 5.63 Å².